The van der Waals surface area contributed by atoms with E-state index in [9.17, 15) is 29.3 Å². The van der Waals surface area contributed by atoms with Crippen LogP contribution in [0.5, 0.6) is 0 Å². The van der Waals surface area contributed by atoms with Crippen molar-refractivity contribution in [2.45, 2.75) is 211 Å². The molecule has 0 amide bonds. The minimum Gasteiger partial charge on any atom is -0.756 e. The van der Waals surface area contributed by atoms with E-state index in [1.807, 2.05) is 0 Å². The van der Waals surface area contributed by atoms with Crippen LogP contribution in [0, 0.1) is 0 Å². The van der Waals surface area contributed by atoms with E-state index < -0.39 is 63.3 Å². The van der Waals surface area contributed by atoms with Gasteiger partial charge >= 0.3 is 41.2 Å². The molecule has 1 aliphatic heterocycles. The van der Waals surface area contributed by atoms with Crippen molar-refractivity contribution in [1.82, 2.24) is 9.55 Å². The Labute approximate surface area is 371 Å². The molecule has 1 aromatic heterocycles. The molecule has 16 heteroatoms. The SMILES string of the molecule is CCCCCCCCCCCCCCCC(=O)OC(COCCCCCCCCCCCCCC)COP(=O)([O-])OC[C@H]1O[C@@H](n2ccc(N)nc2=O)[C@@H](O)[C@@H]1O.[Na+]. The zero-order chi connectivity index (χ0) is 41.6. The van der Waals surface area contributed by atoms with Crippen molar-refractivity contribution in [2.24, 2.45) is 0 Å². The second-order valence-corrected chi connectivity index (χ2v) is 17.1. The molecule has 2 rings (SSSR count). The first kappa shape index (κ1) is 55.1. The number of nitrogens with two attached hydrogens (primary N) is 1. The van der Waals surface area contributed by atoms with Crippen LogP contribution in [-0.4, -0.2) is 76.6 Å². The van der Waals surface area contributed by atoms with Crippen molar-refractivity contribution < 1.29 is 77.3 Å². The molecule has 1 aliphatic rings. The predicted octanol–water partition coefficient (Wildman–Crippen LogP) is 5.06. The number of hydrogen-bond acceptors (Lipinski definition) is 13. The quantitative estimate of drug-likeness (QED) is 0.0347. The van der Waals surface area contributed by atoms with Crippen LogP contribution in [0.3, 0.4) is 0 Å². The van der Waals surface area contributed by atoms with Crippen LogP contribution in [0.1, 0.15) is 187 Å². The van der Waals surface area contributed by atoms with Crippen LogP contribution in [-0.2, 0) is 32.6 Å². The van der Waals surface area contributed by atoms with Gasteiger partial charge in [-0.3, -0.25) is 13.9 Å². The third-order valence-corrected chi connectivity index (χ3v) is 11.4. The minimum atomic E-state index is -4.99. The molecule has 0 saturated carbocycles. The first-order valence-electron chi connectivity index (χ1n) is 22.3. The van der Waals surface area contributed by atoms with Crippen molar-refractivity contribution in [2.75, 3.05) is 32.2 Å². The number of anilines is 1. The Balaban J connectivity index is 0.0000168. The number of aliphatic hydroxyl groups is 2. The van der Waals surface area contributed by atoms with Crippen LogP contribution < -0.4 is 45.9 Å². The molecule has 0 bridgehead atoms. The number of ether oxygens (including phenoxy) is 3. The second-order valence-electron chi connectivity index (χ2n) is 15.7. The number of aliphatic hydroxyl groups excluding tert-OH is 2. The Morgan fingerprint density at radius 3 is 1.78 bits per heavy atom. The summed E-state index contributed by atoms with van der Waals surface area (Å²) >= 11 is 0. The third kappa shape index (κ3) is 25.8. The maximum atomic E-state index is 12.8. The summed E-state index contributed by atoms with van der Waals surface area (Å²) in [6.07, 6.45) is 24.8. The number of carbonyl (C=O) groups is 1. The summed E-state index contributed by atoms with van der Waals surface area (Å²) in [6, 6.07) is 1.32. The molecule has 0 aliphatic carbocycles. The Morgan fingerprint density at radius 2 is 1.28 bits per heavy atom. The topological polar surface area (TPSA) is 205 Å². The van der Waals surface area contributed by atoms with Gasteiger partial charge < -0.3 is 44.1 Å². The number of aromatic nitrogens is 2. The van der Waals surface area contributed by atoms with Crippen molar-refractivity contribution in [3.05, 3.63) is 22.7 Å². The molecule has 332 valence electrons. The van der Waals surface area contributed by atoms with E-state index in [1.54, 1.807) is 0 Å². The number of phosphoric ester groups is 1. The van der Waals surface area contributed by atoms with Crippen LogP contribution in [0.4, 0.5) is 5.82 Å². The maximum Gasteiger partial charge on any atom is 1.00 e. The van der Waals surface area contributed by atoms with Crippen molar-refractivity contribution in [3.8, 4) is 0 Å². The first-order chi connectivity index (χ1) is 27.6. The molecule has 2 unspecified atom stereocenters. The summed E-state index contributed by atoms with van der Waals surface area (Å²) in [4.78, 5) is 41.3. The fourth-order valence-electron chi connectivity index (χ4n) is 7.00. The number of esters is 1. The van der Waals surface area contributed by atoms with Gasteiger partial charge in [-0.1, -0.05) is 162 Å². The van der Waals surface area contributed by atoms with E-state index in [1.165, 1.54) is 128 Å². The smallest absolute Gasteiger partial charge is 0.756 e. The number of nitrogen functional groups attached to an aromatic ring is 1. The molecule has 0 radical (unpaired) electrons. The fraction of sp³-hybridized carbons (Fsp3) is 0.881. The van der Waals surface area contributed by atoms with E-state index in [0.717, 1.165) is 43.1 Å². The van der Waals surface area contributed by atoms with Gasteiger partial charge in [0.25, 0.3) is 7.82 Å². The van der Waals surface area contributed by atoms with E-state index >= 15 is 0 Å². The Kier molecular flexibility index (Phi) is 32.9. The predicted molar refractivity (Wildman–Crippen MR) is 220 cm³/mol. The van der Waals surface area contributed by atoms with Crippen molar-refractivity contribution in [1.29, 1.82) is 0 Å². The normalized spacial score (nSPS) is 19.5. The molecule has 1 fully saturated rings. The van der Waals surface area contributed by atoms with Gasteiger partial charge in [-0.25, -0.2) is 4.79 Å². The maximum absolute atomic E-state index is 12.8. The molecular formula is C42H77N3NaO11P. The van der Waals surface area contributed by atoms with Gasteiger partial charge in [0.2, 0.25) is 0 Å². The van der Waals surface area contributed by atoms with Crippen molar-refractivity contribution in [3.63, 3.8) is 0 Å². The summed E-state index contributed by atoms with van der Waals surface area (Å²) in [6.45, 7) is 3.66. The molecule has 1 saturated heterocycles. The zero-order valence-corrected chi connectivity index (χ0v) is 39.1. The summed E-state index contributed by atoms with van der Waals surface area (Å²) in [5.74, 6) is -0.482. The van der Waals surface area contributed by atoms with Gasteiger partial charge in [-0.05, 0) is 18.9 Å². The van der Waals surface area contributed by atoms with Crippen LogP contribution in [0.2, 0.25) is 0 Å². The van der Waals surface area contributed by atoms with Gasteiger partial charge in [0.05, 0.1) is 19.8 Å². The van der Waals surface area contributed by atoms with Gasteiger partial charge in [0.15, 0.2) is 6.23 Å². The molecule has 6 atom stereocenters. The number of nitrogens with zero attached hydrogens (tertiary/aromatic N) is 2. The fourth-order valence-corrected chi connectivity index (χ4v) is 7.75. The molecule has 2 heterocycles. The number of phosphoric acid groups is 1. The zero-order valence-electron chi connectivity index (χ0n) is 36.2. The Hall–Kier alpha value is -0.900. The standard InChI is InChI=1S/C42H78N3O11P.Na/c1-3-5-7-9-11-13-15-17-18-20-22-24-26-28-38(46)55-35(32-52-31-27-25-23-21-19-16-14-12-10-8-6-4-2)33-53-57(50,51)54-34-36-39(47)40(48)41(56-36)45-30-29-37(43)44-42(45)49;/h29-30,35-36,39-41,47-48H,3-28,31-34H2,1-2H3,(H,50,51)(H2,43,44,49);/q;+1/p-1/t35?,36-,39-,40+,41-;/m1./s1. The van der Waals surface area contributed by atoms with E-state index in [2.05, 4.69) is 18.8 Å². The molecule has 14 nitrogen and oxygen atoms in total. The van der Waals surface area contributed by atoms with Gasteiger partial charge in [-0.15, -0.1) is 0 Å². The number of hydrogen-bond donors (Lipinski definition) is 3. The van der Waals surface area contributed by atoms with Gasteiger partial charge in [0.1, 0.15) is 30.2 Å². The summed E-state index contributed by atoms with van der Waals surface area (Å²) < 4.78 is 40.7. The number of rotatable bonds is 37. The summed E-state index contributed by atoms with van der Waals surface area (Å²) in [5, 5.41) is 20.9. The first-order valence-corrected chi connectivity index (χ1v) is 23.8. The van der Waals surface area contributed by atoms with Crippen molar-refractivity contribution >= 4 is 19.6 Å². The molecule has 4 N–H and O–H groups in total. The molecule has 58 heavy (non-hydrogen) atoms. The number of carbonyl (C=O) groups excluding carboxylic acids is 1. The van der Waals surface area contributed by atoms with E-state index in [4.69, 9.17) is 29.0 Å². The van der Waals surface area contributed by atoms with E-state index in [-0.39, 0.29) is 48.4 Å². The Bertz CT molecular complexity index is 1280. The molecule has 0 aromatic carbocycles. The second kappa shape index (κ2) is 34.7. The van der Waals surface area contributed by atoms with E-state index in [0.29, 0.717) is 13.0 Å². The Morgan fingerprint density at radius 1 is 0.793 bits per heavy atom. The van der Waals surface area contributed by atoms with Crippen LogP contribution in [0.15, 0.2) is 17.1 Å². The van der Waals surface area contributed by atoms with Gasteiger partial charge in [-0.2, -0.15) is 4.98 Å². The molecule has 1 aromatic rings. The number of unbranched alkanes of at least 4 members (excludes halogenated alkanes) is 23. The molecule has 0 spiro atoms. The minimum absolute atomic E-state index is 0. The van der Waals surface area contributed by atoms with Gasteiger partial charge in [0, 0.05) is 19.2 Å². The average Bonchev–Trinajstić information content (AvgIpc) is 3.46. The summed E-state index contributed by atoms with van der Waals surface area (Å²) in [5.41, 5.74) is 4.70. The largest absolute Gasteiger partial charge is 1.00 e. The van der Waals surface area contributed by atoms with Crippen LogP contribution >= 0.6 is 7.82 Å². The summed E-state index contributed by atoms with van der Waals surface area (Å²) in [7, 11) is -4.99. The monoisotopic (exact) mass is 854 g/mol. The third-order valence-electron chi connectivity index (χ3n) is 10.5. The van der Waals surface area contributed by atoms with Crippen LogP contribution in [0.25, 0.3) is 0 Å². The average molecular weight is 854 g/mol. The molecular weight excluding hydrogens is 776 g/mol.